The molecular weight excluding hydrogens is 356 g/mol. The van der Waals surface area contributed by atoms with Gasteiger partial charge in [0.25, 0.3) is 0 Å². The van der Waals surface area contributed by atoms with Crippen molar-refractivity contribution in [2.24, 2.45) is 9.98 Å². The van der Waals surface area contributed by atoms with Crippen LogP contribution in [0.3, 0.4) is 0 Å². The first kappa shape index (κ1) is 19.3. The molecule has 1 aliphatic heterocycles. The van der Waals surface area contributed by atoms with Gasteiger partial charge in [-0.25, -0.2) is 4.98 Å². The molecule has 0 atom stereocenters. The summed E-state index contributed by atoms with van der Waals surface area (Å²) < 4.78 is 0. The SMILES string of the molecule is CC1=NCCCN(c2ccc3ccccc3c2)CCCN=C(C)c2cccc1n2. The van der Waals surface area contributed by atoms with Crippen LogP contribution in [-0.4, -0.2) is 42.6 Å². The highest BCUT2D eigenvalue weighted by Crippen LogP contribution is 2.22. The van der Waals surface area contributed by atoms with Gasteiger partial charge < -0.3 is 4.90 Å². The minimum absolute atomic E-state index is 0.814. The smallest absolute Gasteiger partial charge is 0.0845 e. The highest BCUT2D eigenvalue weighted by molar-refractivity contribution is 6.00. The van der Waals surface area contributed by atoms with E-state index in [4.69, 9.17) is 15.0 Å². The van der Waals surface area contributed by atoms with Crippen molar-refractivity contribution in [1.82, 2.24) is 4.98 Å². The van der Waals surface area contributed by atoms with Crippen LogP contribution in [-0.2, 0) is 0 Å². The van der Waals surface area contributed by atoms with Gasteiger partial charge in [0.2, 0.25) is 0 Å². The van der Waals surface area contributed by atoms with Crippen molar-refractivity contribution in [3.63, 3.8) is 0 Å². The Bertz CT molecular complexity index is 1010. The van der Waals surface area contributed by atoms with Gasteiger partial charge in [0.1, 0.15) is 0 Å². The fraction of sp³-hybridized carbons (Fsp3) is 0.320. The Balaban J connectivity index is 1.58. The zero-order valence-electron chi connectivity index (χ0n) is 17.3. The zero-order chi connectivity index (χ0) is 20.1. The molecule has 0 unspecified atom stereocenters. The molecule has 0 saturated carbocycles. The normalized spacial score (nSPS) is 16.1. The molecule has 2 bridgehead atoms. The van der Waals surface area contributed by atoms with Crippen LogP contribution in [0.1, 0.15) is 38.1 Å². The Labute approximate surface area is 173 Å². The molecule has 1 aromatic heterocycles. The number of rotatable bonds is 1. The van der Waals surface area contributed by atoms with Gasteiger partial charge in [-0.3, -0.25) is 9.98 Å². The molecule has 4 nitrogen and oxygen atoms in total. The first-order chi connectivity index (χ1) is 14.2. The second-order valence-electron chi connectivity index (χ2n) is 7.57. The van der Waals surface area contributed by atoms with Crippen molar-refractivity contribution < 1.29 is 0 Å². The van der Waals surface area contributed by atoms with Crippen LogP contribution in [0.4, 0.5) is 5.69 Å². The Kier molecular flexibility index (Phi) is 5.99. The average molecular weight is 385 g/mol. The van der Waals surface area contributed by atoms with Crippen LogP contribution in [0, 0.1) is 0 Å². The van der Waals surface area contributed by atoms with Gasteiger partial charge in [-0.1, -0.05) is 36.4 Å². The molecule has 0 radical (unpaired) electrons. The molecule has 4 rings (SSSR count). The number of benzene rings is 2. The number of fused-ring (bicyclic) bond motifs is 3. The zero-order valence-corrected chi connectivity index (χ0v) is 17.3. The van der Waals surface area contributed by atoms with E-state index >= 15 is 0 Å². The molecule has 0 fully saturated rings. The molecule has 2 aromatic carbocycles. The van der Waals surface area contributed by atoms with E-state index in [9.17, 15) is 0 Å². The Morgan fingerprint density at radius 3 is 1.97 bits per heavy atom. The maximum absolute atomic E-state index is 4.78. The molecule has 3 aromatic rings. The molecule has 0 aliphatic carbocycles. The summed E-state index contributed by atoms with van der Waals surface area (Å²) in [5.74, 6) is 0. The number of hydrogen-bond acceptors (Lipinski definition) is 4. The van der Waals surface area contributed by atoms with E-state index in [1.54, 1.807) is 0 Å². The first-order valence-electron chi connectivity index (χ1n) is 10.4. The average Bonchev–Trinajstić information content (AvgIpc) is 2.77. The number of aromatic nitrogens is 1. The summed E-state index contributed by atoms with van der Waals surface area (Å²) in [5.41, 5.74) is 5.16. The molecule has 0 N–H and O–H groups in total. The Hall–Kier alpha value is -3.01. The van der Waals surface area contributed by atoms with E-state index in [1.807, 2.05) is 32.0 Å². The summed E-state index contributed by atoms with van der Waals surface area (Å²) in [6.07, 6.45) is 2.04. The fourth-order valence-electron chi connectivity index (χ4n) is 3.76. The van der Waals surface area contributed by atoms with Crippen LogP contribution in [0.15, 0.2) is 70.6 Å². The van der Waals surface area contributed by atoms with Gasteiger partial charge in [-0.15, -0.1) is 0 Å². The van der Waals surface area contributed by atoms with Gasteiger partial charge in [0, 0.05) is 31.9 Å². The van der Waals surface area contributed by atoms with E-state index in [2.05, 4.69) is 47.4 Å². The maximum atomic E-state index is 4.78. The van der Waals surface area contributed by atoms with Crippen LogP contribution < -0.4 is 4.90 Å². The lowest BCUT2D eigenvalue weighted by atomic mass is 10.1. The molecule has 0 amide bonds. The Morgan fingerprint density at radius 1 is 0.690 bits per heavy atom. The lowest BCUT2D eigenvalue weighted by Crippen LogP contribution is -2.27. The van der Waals surface area contributed by atoms with Crippen LogP contribution in [0.5, 0.6) is 0 Å². The van der Waals surface area contributed by atoms with Crippen LogP contribution in [0.25, 0.3) is 10.8 Å². The molecular formula is C25H28N4. The van der Waals surface area contributed by atoms with Crippen LogP contribution in [0.2, 0.25) is 0 Å². The molecule has 148 valence electrons. The van der Waals surface area contributed by atoms with Gasteiger partial charge in [-0.05, 0) is 61.7 Å². The summed E-state index contributed by atoms with van der Waals surface area (Å²) in [4.78, 5) is 16.8. The maximum Gasteiger partial charge on any atom is 0.0845 e. The molecule has 2 heterocycles. The number of nitrogens with zero attached hydrogens (tertiary/aromatic N) is 4. The quantitative estimate of drug-likeness (QED) is 0.582. The minimum Gasteiger partial charge on any atom is -0.371 e. The molecule has 4 heteroatoms. The largest absolute Gasteiger partial charge is 0.371 e. The predicted octanol–water partition coefficient (Wildman–Crippen LogP) is 5.15. The van der Waals surface area contributed by atoms with Crippen molar-refractivity contribution in [1.29, 1.82) is 0 Å². The monoisotopic (exact) mass is 384 g/mol. The lowest BCUT2D eigenvalue weighted by molar-refractivity contribution is 0.703. The Morgan fingerprint density at radius 2 is 1.31 bits per heavy atom. The van der Waals surface area contributed by atoms with Gasteiger partial charge in [-0.2, -0.15) is 0 Å². The number of hydrogen-bond donors (Lipinski definition) is 0. The van der Waals surface area contributed by atoms with Crippen molar-refractivity contribution in [2.75, 3.05) is 31.1 Å². The third-order valence-electron chi connectivity index (χ3n) is 5.46. The summed E-state index contributed by atoms with van der Waals surface area (Å²) in [7, 11) is 0. The summed E-state index contributed by atoms with van der Waals surface area (Å²) in [6, 6.07) is 21.4. The molecule has 0 spiro atoms. The van der Waals surface area contributed by atoms with E-state index in [0.717, 1.165) is 61.8 Å². The van der Waals surface area contributed by atoms with Gasteiger partial charge in [0.05, 0.1) is 22.8 Å². The van der Waals surface area contributed by atoms with E-state index in [1.165, 1.54) is 16.5 Å². The number of anilines is 1. The first-order valence-corrected chi connectivity index (χ1v) is 10.4. The summed E-state index contributed by atoms with van der Waals surface area (Å²) >= 11 is 0. The highest BCUT2D eigenvalue weighted by atomic mass is 15.1. The summed E-state index contributed by atoms with van der Waals surface area (Å²) in [5, 5.41) is 2.57. The van der Waals surface area contributed by atoms with Gasteiger partial charge >= 0.3 is 0 Å². The topological polar surface area (TPSA) is 40.9 Å². The lowest BCUT2D eigenvalue weighted by Gasteiger charge is -2.25. The van der Waals surface area contributed by atoms with E-state index < -0.39 is 0 Å². The second-order valence-corrected chi connectivity index (χ2v) is 7.57. The number of pyridine rings is 1. The van der Waals surface area contributed by atoms with Crippen molar-refractivity contribution >= 4 is 27.9 Å². The van der Waals surface area contributed by atoms with Gasteiger partial charge in [0.15, 0.2) is 0 Å². The third kappa shape index (κ3) is 4.70. The molecule has 1 aliphatic rings. The van der Waals surface area contributed by atoms with E-state index in [-0.39, 0.29) is 0 Å². The van der Waals surface area contributed by atoms with Crippen molar-refractivity contribution in [3.8, 4) is 0 Å². The van der Waals surface area contributed by atoms with Crippen LogP contribution >= 0.6 is 0 Å². The van der Waals surface area contributed by atoms with Crippen molar-refractivity contribution in [2.45, 2.75) is 26.7 Å². The third-order valence-corrected chi connectivity index (χ3v) is 5.46. The molecule has 0 saturated heterocycles. The highest BCUT2D eigenvalue weighted by Gasteiger charge is 2.09. The summed E-state index contributed by atoms with van der Waals surface area (Å²) in [6.45, 7) is 7.71. The molecule has 29 heavy (non-hydrogen) atoms. The predicted molar refractivity (Wildman–Crippen MR) is 124 cm³/mol. The minimum atomic E-state index is 0.814. The second kappa shape index (κ2) is 8.99. The fourth-order valence-corrected chi connectivity index (χ4v) is 3.76. The van der Waals surface area contributed by atoms with E-state index in [0.29, 0.717) is 0 Å². The number of aliphatic imine (C=N–C) groups is 2. The van der Waals surface area contributed by atoms with Crippen molar-refractivity contribution in [3.05, 3.63) is 72.1 Å². The standard InChI is InChI=1S/C25H28N4/c1-19-24-10-5-11-25(28-24)20(2)27-15-7-17-29(16-6-14-26-19)23-13-12-21-8-3-4-9-22(21)18-23/h3-5,8-13,18H,6-7,14-17H2,1-2H3.